The minimum atomic E-state index is 0.648. The maximum absolute atomic E-state index is 2.31. The number of likely N-dealkylation sites (N-methyl/N-ethyl adjacent to an activating group) is 1. The van der Waals surface area contributed by atoms with Gasteiger partial charge >= 0.3 is 0 Å². The van der Waals surface area contributed by atoms with Crippen LogP contribution in [-0.4, -0.2) is 25.5 Å². The fraction of sp³-hybridized carbons (Fsp3) is 0.556. The summed E-state index contributed by atoms with van der Waals surface area (Å²) < 4.78 is 0. The van der Waals surface area contributed by atoms with Gasteiger partial charge in [-0.05, 0) is 25.6 Å². The van der Waals surface area contributed by atoms with Gasteiger partial charge in [-0.25, -0.2) is 0 Å². The van der Waals surface area contributed by atoms with Gasteiger partial charge in [-0.3, -0.25) is 0 Å². The van der Waals surface area contributed by atoms with Gasteiger partial charge in [0.2, 0.25) is 0 Å². The number of rotatable bonds is 2. The minimum Gasteiger partial charge on any atom is -0.305 e. The third-order valence-electron chi connectivity index (χ3n) is 1.59. The van der Waals surface area contributed by atoms with Crippen LogP contribution in [0, 0.1) is 5.92 Å². The van der Waals surface area contributed by atoms with E-state index in [4.69, 9.17) is 0 Å². The molecule has 1 atom stereocenters. The highest BCUT2D eigenvalue weighted by atomic mass is 15.0. The average molecular weight is 137 g/mol. The van der Waals surface area contributed by atoms with E-state index in [1.54, 1.807) is 0 Å². The van der Waals surface area contributed by atoms with E-state index in [-0.39, 0.29) is 0 Å². The Morgan fingerprint density at radius 1 is 1.50 bits per heavy atom. The van der Waals surface area contributed by atoms with E-state index in [1.807, 2.05) is 0 Å². The van der Waals surface area contributed by atoms with Crippen LogP contribution in [0.2, 0.25) is 0 Å². The van der Waals surface area contributed by atoms with Crippen molar-refractivity contribution in [3.63, 3.8) is 0 Å². The highest BCUT2D eigenvalue weighted by Gasteiger charge is 2.03. The number of hydrogen-bond acceptors (Lipinski definition) is 1. The highest BCUT2D eigenvalue weighted by molar-refractivity contribution is 5.29. The fourth-order valence-electron chi connectivity index (χ4n) is 1.19. The monoisotopic (exact) mass is 137 g/mol. The second-order valence-corrected chi connectivity index (χ2v) is 3.20. The van der Waals surface area contributed by atoms with Gasteiger partial charge in [0.1, 0.15) is 0 Å². The molecule has 0 N–H and O–H groups in total. The molecule has 0 aliphatic heterocycles. The Bertz CT molecular complexity index is 166. The molecule has 0 saturated heterocycles. The Balaban J connectivity index is 2.44. The molecule has 0 saturated carbocycles. The summed E-state index contributed by atoms with van der Waals surface area (Å²) in [6.45, 7) is 3.28. The van der Waals surface area contributed by atoms with Gasteiger partial charge in [0.25, 0.3) is 0 Å². The Hall–Kier alpha value is -0.560. The molecule has 0 fully saturated rings. The summed E-state index contributed by atoms with van der Waals surface area (Å²) in [4.78, 5) is 2.19. The molecule has 1 aliphatic rings. The van der Waals surface area contributed by atoms with Gasteiger partial charge in [0.15, 0.2) is 0 Å². The lowest BCUT2D eigenvalue weighted by atomic mass is 10.2. The molecule has 10 heavy (non-hydrogen) atoms. The van der Waals surface area contributed by atoms with E-state index in [0.29, 0.717) is 5.92 Å². The van der Waals surface area contributed by atoms with Gasteiger partial charge in [-0.2, -0.15) is 0 Å². The molecule has 0 bridgehead atoms. The van der Waals surface area contributed by atoms with Gasteiger partial charge in [-0.15, -0.1) is 0 Å². The quantitative estimate of drug-likeness (QED) is 0.559. The molecule has 0 spiro atoms. The number of allylic oxidation sites excluding steroid dienone is 2. The zero-order chi connectivity index (χ0) is 7.56. The molecule has 1 nitrogen and oxygen atoms in total. The summed E-state index contributed by atoms with van der Waals surface area (Å²) in [5.41, 5.74) is 1.44. The molecule has 0 heterocycles. The zero-order valence-corrected chi connectivity index (χ0v) is 6.96. The number of nitrogens with zero attached hydrogens (tertiary/aromatic N) is 1. The standard InChI is InChI=1S/C9H15N/c1-8-4-5-9(6-8)7-10(2)3/h4-6,8H,7H2,1-3H3. The molecule has 0 aromatic carbocycles. The van der Waals surface area contributed by atoms with Crippen LogP contribution in [-0.2, 0) is 0 Å². The van der Waals surface area contributed by atoms with E-state index < -0.39 is 0 Å². The van der Waals surface area contributed by atoms with Crippen molar-refractivity contribution in [3.05, 3.63) is 23.8 Å². The summed E-state index contributed by atoms with van der Waals surface area (Å²) in [6, 6.07) is 0. The van der Waals surface area contributed by atoms with Crippen LogP contribution in [0.5, 0.6) is 0 Å². The molecule has 0 aromatic rings. The minimum absolute atomic E-state index is 0.648. The molecule has 1 aliphatic carbocycles. The van der Waals surface area contributed by atoms with Crippen LogP contribution < -0.4 is 0 Å². The van der Waals surface area contributed by atoms with Gasteiger partial charge in [0.05, 0.1) is 0 Å². The Morgan fingerprint density at radius 2 is 2.20 bits per heavy atom. The number of hydrogen-bond donors (Lipinski definition) is 0. The molecule has 1 unspecified atom stereocenters. The van der Waals surface area contributed by atoms with Gasteiger partial charge < -0.3 is 4.90 Å². The fourth-order valence-corrected chi connectivity index (χ4v) is 1.19. The highest BCUT2D eigenvalue weighted by Crippen LogP contribution is 2.14. The van der Waals surface area contributed by atoms with Crippen molar-refractivity contribution in [2.75, 3.05) is 20.6 Å². The molecule has 0 aromatic heterocycles. The first-order chi connectivity index (χ1) is 4.68. The topological polar surface area (TPSA) is 3.24 Å². The van der Waals surface area contributed by atoms with Crippen molar-refractivity contribution in [1.29, 1.82) is 0 Å². The van der Waals surface area contributed by atoms with Crippen LogP contribution in [0.3, 0.4) is 0 Å². The smallest absolute Gasteiger partial charge is 0.0224 e. The lowest BCUT2D eigenvalue weighted by Gasteiger charge is -2.07. The third kappa shape index (κ3) is 1.99. The predicted octanol–water partition coefficient (Wildman–Crippen LogP) is 1.68. The Labute approximate surface area is 63.0 Å². The second kappa shape index (κ2) is 3.02. The summed E-state index contributed by atoms with van der Waals surface area (Å²) in [5.74, 6) is 0.648. The lowest BCUT2D eigenvalue weighted by Crippen LogP contribution is -2.13. The molecular formula is C9H15N. The Morgan fingerprint density at radius 3 is 2.60 bits per heavy atom. The van der Waals surface area contributed by atoms with Gasteiger partial charge in [0, 0.05) is 6.54 Å². The van der Waals surface area contributed by atoms with E-state index >= 15 is 0 Å². The molecule has 1 heteroatoms. The molecule has 1 rings (SSSR count). The van der Waals surface area contributed by atoms with E-state index in [9.17, 15) is 0 Å². The first kappa shape index (κ1) is 7.55. The summed E-state index contributed by atoms with van der Waals surface area (Å²) >= 11 is 0. The van der Waals surface area contributed by atoms with Crippen molar-refractivity contribution in [1.82, 2.24) is 4.90 Å². The van der Waals surface area contributed by atoms with Gasteiger partial charge in [-0.1, -0.05) is 25.2 Å². The largest absolute Gasteiger partial charge is 0.305 e. The van der Waals surface area contributed by atoms with Crippen molar-refractivity contribution < 1.29 is 0 Å². The molecular weight excluding hydrogens is 122 g/mol. The molecule has 56 valence electrons. The SMILES string of the molecule is CC1C=CC(CN(C)C)=C1. The van der Waals surface area contributed by atoms with Crippen molar-refractivity contribution >= 4 is 0 Å². The average Bonchev–Trinajstić information content (AvgIpc) is 2.13. The van der Waals surface area contributed by atoms with Crippen molar-refractivity contribution in [3.8, 4) is 0 Å². The van der Waals surface area contributed by atoms with Crippen molar-refractivity contribution in [2.24, 2.45) is 5.92 Å². The van der Waals surface area contributed by atoms with E-state index in [0.717, 1.165) is 6.54 Å². The van der Waals surface area contributed by atoms with Crippen LogP contribution >= 0.6 is 0 Å². The molecule has 0 amide bonds. The lowest BCUT2D eigenvalue weighted by molar-refractivity contribution is 0.449. The van der Waals surface area contributed by atoms with Crippen LogP contribution in [0.4, 0.5) is 0 Å². The Kier molecular flexibility index (Phi) is 2.28. The maximum Gasteiger partial charge on any atom is 0.0224 e. The predicted molar refractivity (Wildman–Crippen MR) is 44.9 cm³/mol. The summed E-state index contributed by atoms with van der Waals surface area (Å²) in [5, 5.41) is 0. The van der Waals surface area contributed by atoms with Crippen molar-refractivity contribution in [2.45, 2.75) is 6.92 Å². The normalized spacial score (nSPS) is 24.0. The molecule has 0 radical (unpaired) electrons. The summed E-state index contributed by atoms with van der Waals surface area (Å²) in [7, 11) is 4.19. The van der Waals surface area contributed by atoms with E-state index in [1.165, 1.54) is 5.57 Å². The third-order valence-corrected chi connectivity index (χ3v) is 1.59. The zero-order valence-electron chi connectivity index (χ0n) is 6.96. The van der Waals surface area contributed by atoms with E-state index in [2.05, 4.69) is 44.1 Å². The van der Waals surface area contributed by atoms with Crippen LogP contribution in [0.25, 0.3) is 0 Å². The second-order valence-electron chi connectivity index (χ2n) is 3.20. The summed E-state index contributed by atoms with van der Waals surface area (Å²) in [6.07, 6.45) is 6.75. The van der Waals surface area contributed by atoms with Crippen LogP contribution in [0.15, 0.2) is 23.8 Å². The first-order valence-corrected chi connectivity index (χ1v) is 3.72. The van der Waals surface area contributed by atoms with Crippen LogP contribution in [0.1, 0.15) is 6.92 Å². The first-order valence-electron chi connectivity index (χ1n) is 3.72. The maximum atomic E-state index is 2.31.